The van der Waals surface area contributed by atoms with Gasteiger partial charge < -0.3 is 10.4 Å². The van der Waals surface area contributed by atoms with Crippen molar-refractivity contribution in [2.45, 2.75) is 31.7 Å². The van der Waals surface area contributed by atoms with Gasteiger partial charge in [-0.25, -0.2) is 0 Å². The Labute approximate surface area is 210 Å². The summed E-state index contributed by atoms with van der Waals surface area (Å²) in [5.74, 6) is -1.91. The van der Waals surface area contributed by atoms with Gasteiger partial charge in [0.1, 0.15) is 5.75 Å². The molecular weight excluding hydrogens is 476 g/mol. The molecule has 7 nitrogen and oxygen atoms in total. The number of hydrogen-bond donors (Lipinski definition) is 2. The average Bonchev–Trinajstić information content (AvgIpc) is 3.15. The van der Waals surface area contributed by atoms with Crippen molar-refractivity contribution >= 4 is 54.9 Å². The second-order valence-electron chi connectivity index (χ2n) is 9.27. The topological polar surface area (TPSA) is 104 Å². The molecule has 3 aromatic carbocycles. The number of carbonyl (C=O) groups is 3. The molecule has 36 heavy (non-hydrogen) atoms. The van der Waals surface area contributed by atoms with E-state index in [0.717, 1.165) is 17.5 Å². The van der Waals surface area contributed by atoms with Crippen molar-refractivity contribution in [2.24, 2.45) is 5.92 Å². The van der Waals surface area contributed by atoms with Gasteiger partial charge >= 0.3 is 0 Å². The number of amides is 3. The van der Waals surface area contributed by atoms with Gasteiger partial charge in [-0.15, -0.1) is 11.3 Å². The quantitative estimate of drug-likeness (QED) is 0.237. The van der Waals surface area contributed by atoms with E-state index in [9.17, 15) is 24.3 Å². The summed E-state index contributed by atoms with van der Waals surface area (Å²) in [5.41, 5.74) is 0.682. The van der Waals surface area contributed by atoms with Gasteiger partial charge in [0.05, 0.1) is 28.8 Å². The minimum absolute atomic E-state index is 0.138. The summed E-state index contributed by atoms with van der Waals surface area (Å²) in [5, 5.41) is 14.4. The molecule has 1 aromatic heterocycles. The maximum absolute atomic E-state index is 13.5. The van der Waals surface area contributed by atoms with Gasteiger partial charge in [-0.3, -0.25) is 24.1 Å². The third kappa shape index (κ3) is 3.48. The van der Waals surface area contributed by atoms with Crippen LogP contribution in [-0.4, -0.2) is 33.8 Å². The molecule has 1 unspecified atom stereocenters. The fourth-order valence-corrected chi connectivity index (χ4v) is 6.48. The lowest BCUT2D eigenvalue weighted by Crippen LogP contribution is -2.49. The van der Waals surface area contributed by atoms with Crippen LogP contribution < -0.4 is 10.7 Å². The molecule has 1 aliphatic carbocycles. The fourth-order valence-electron chi connectivity index (χ4n) is 5.40. The van der Waals surface area contributed by atoms with Crippen LogP contribution in [0.15, 0.2) is 65.5 Å². The van der Waals surface area contributed by atoms with E-state index in [1.54, 1.807) is 36.4 Å². The first-order chi connectivity index (χ1) is 17.4. The molecular formula is C28H22N2O5S. The molecule has 2 aliphatic rings. The molecule has 4 aromatic rings. The summed E-state index contributed by atoms with van der Waals surface area (Å²) >= 11 is 1.39. The smallest absolute Gasteiger partial charge is 0.261 e. The number of aromatic hydroxyl groups is 1. The number of imide groups is 1. The van der Waals surface area contributed by atoms with Gasteiger partial charge in [-0.1, -0.05) is 37.1 Å². The van der Waals surface area contributed by atoms with Crippen LogP contribution in [-0.2, 0) is 4.79 Å². The molecule has 6 rings (SSSR count). The molecule has 0 saturated heterocycles. The number of nitrogens with one attached hydrogen (secondary N) is 1. The summed E-state index contributed by atoms with van der Waals surface area (Å²) in [6, 6.07) is 16.4. The van der Waals surface area contributed by atoms with E-state index >= 15 is 0 Å². The van der Waals surface area contributed by atoms with Crippen LogP contribution in [0.25, 0.3) is 20.2 Å². The van der Waals surface area contributed by atoms with Crippen LogP contribution in [0.3, 0.4) is 0 Å². The van der Waals surface area contributed by atoms with E-state index in [0.29, 0.717) is 39.4 Å². The molecule has 0 spiro atoms. The molecule has 2 heterocycles. The fraction of sp³-hybridized carbons (Fsp3) is 0.214. The Morgan fingerprint density at radius 2 is 1.53 bits per heavy atom. The minimum Gasteiger partial charge on any atom is -0.506 e. The predicted octanol–water partition coefficient (Wildman–Crippen LogP) is 4.91. The van der Waals surface area contributed by atoms with Gasteiger partial charge in [-0.05, 0) is 43.2 Å². The zero-order valence-corrected chi connectivity index (χ0v) is 20.0. The summed E-state index contributed by atoms with van der Waals surface area (Å²) in [6.45, 7) is 0. The molecule has 0 radical (unpaired) electrons. The van der Waals surface area contributed by atoms with Crippen LogP contribution in [0, 0.1) is 5.92 Å². The Morgan fingerprint density at radius 3 is 2.28 bits per heavy atom. The molecule has 1 saturated carbocycles. The van der Waals surface area contributed by atoms with Crippen LogP contribution in [0.4, 0.5) is 5.69 Å². The third-order valence-electron chi connectivity index (χ3n) is 7.18. The number of hydrogen-bond acceptors (Lipinski definition) is 6. The summed E-state index contributed by atoms with van der Waals surface area (Å²) in [6.07, 6.45) is 2.64. The van der Waals surface area contributed by atoms with Crippen molar-refractivity contribution in [3.63, 3.8) is 0 Å². The number of rotatable bonds is 3. The van der Waals surface area contributed by atoms with E-state index in [-0.39, 0.29) is 34.6 Å². The van der Waals surface area contributed by atoms with Crippen molar-refractivity contribution in [1.29, 1.82) is 0 Å². The van der Waals surface area contributed by atoms with Crippen molar-refractivity contribution in [3.05, 3.63) is 82.0 Å². The molecule has 2 N–H and O–H groups in total. The molecule has 1 fully saturated rings. The molecule has 0 bridgehead atoms. The van der Waals surface area contributed by atoms with Crippen LogP contribution >= 0.6 is 11.3 Å². The highest BCUT2D eigenvalue weighted by Crippen LogP contribution is 2.37. The van der Waals surface area contributed by atoms with E-state index in [2.05, 4.69) is 5.32 Å². The lowest BCUT2D eigenvalue weighted by molar-refractivity contribution is -0.122. The SMILES string of the molecule is O=C(Nc1cc2c(=O)c3ccccc3sc2cc1O)C1CCCC[C@H]1N1C(=O)c2ccccc2C1=O. The minimum atomic E-state index is -0.623. The Hall–Kier alpha value is -4.04. The normalized spacial score (nSPS) is 19.6. The number of phenols is 1. The maximum Gasteiger partial charge on any atom is 0.261 e. The molecule has 8 heteroatoms. The van der Waals surface area contributed by atoms with Crippen molar-refractivity contribution in [3.8, 4) is 5.75 Å². The standard InChI is InChI=1S/C28H22N2O5S/c31-22-14-24-19(25(32)18-10-4-6-12-23(18)36-24)13-20(22)29-26(33)17-9-3-5-11-21(17)30-27(34)15-7-1-2-8-16(15)28(30)35/h1-2,4,6-8,10,12-14,17,21,31H,3,5,9,11H2,(H,29,33)/t17?,21-/m1/s1. The zero-order chi connectivity index (χ0) is 25.0. The summed E-state index contributed by atoms with van der Waals surface area (Å²) < 4.78 is 1.44. The Morgan fingerprint density at radius 1 is 0.861 bits per heavy atom. The van der Waals surface area contributed by atoms with Gasteiger partial charge in [0.2, 0.25) is 5.91 Å². The van der Waals surface area contributed by atoms with E-state index in [1.165, 1.54) is 28.4 Å². The molecule has 180 valence electrons. The second kappa shape index (κ2) is 8.57. The van der Waals surface area contributed by atoms with Gasteiger partial charge in [0, 0.05) is 26.2 Å². The second-order valence-corrected chi connectivity index (χ2v) is 10.4. The highest BCUT2D eigenvalue weighted by atomic mass is 32.1. The van der Waals surface area contributed by atoms with Gasteiger partial charge in [-0.2, -0.15) is 0 Å². The first kappa shape index (κ1) is 22.4. The van der Waals surface area contributed by atoms with E-state index in [4.69, 9.17) is 0 Å². The first-order valence-electron chi connectivity index (χ1n) is 11.9. The highest BCUT2D eigenvalue weighted by Gasteiger charge is 2.45. The summed E-state index contributed by atoms with van der Waals surface area (Å²) in [4.78, 5) is 53.9. The number of fused-ring (bicyclic) bond motifs is 3. The third-order valence-corrected chi connectivity index (χ3v) is 8.31. The Bertz CT molecular complexity index is 1610. The lowest BCUT2D eigenvalue weighted by atomic mass is 9.82. The van der Waals surface area contributed by atoms with Crippen molar-refractivity contribution in [2.75, 3.05) is 5.32 Å². The van der Waals surface area contributed by atoms with Crippen LogP contribution in [0.1, 0.15) is 46.4 Å². The summed E-state index contributed by atoms with van der Waals surface area (Å²) in [7, 11) is 0. The van der Waals surface area contributed by atoms with Crippen molar-refractivity contribution in [1.82, 2.24) is 4.90 Å². The van der Waals surface area contributed by atoms with Crippen LogP contribution in [0.5, 0.6) is 5.75 Å². The van der Waals surface area contributed by atoms with E-state index < -0.39 is 12.0 Å². The number of benzene rings is 3. The lowest BCUT2D eigenvalue weighted by Gasteiger charge is -2.35. The zero-order valence-electron chi connectivity index (χ0n) is 19.2. The Kier molecular flexibility index (Phi) is 5.34. The number of anilines is 1. The number of phenolic OH excluding ortho intramolecular Hbond substituents is 1. The Balaban J connectivity index is 1.33. The maximum atomic E-state index is 13.5. The first-order valence-corrected chi connectivity index (χ1v) is 12.7. The number of carbonyl (C=O) groups excluding carboxylic acids is 3. The van der Waals surface area contributed by atoms with Crippen LogP contribution in [0.2, 0.25) is 0 Å². The van der Waals surface area contributed by atoms with Gasteiger partial charge in [0.15, 0.2) is 5.43 Å². The predicted molar refractivity (Wildman–Crippen MR) is 139 cm³/mol. The van der Waals surface area contributed by atoms with E-state index in [1.807, 2.05) is 12.1 Å². The molecule has 1 aliphatic heterocycles. The average molecular weight is 499 g/mol. The van der Waals surface area contributed by atoms with Gasteiger partial charge in [0.25, 0.3) is 11.8 Å². The number of nitrogens with zero attached hydrogens (tertiary/aromatic N) is 1. The largest absolute Gasteiger partial charge is 0.506 e. The molecule has 3 amide bonds. The highest BCUT2D eigenvalue weighted by molar-refractivity contribution is 7.24. The monoisotopic (exact) mass is 498 g/mol. The molecule has 2 atom stereocenters. The van der Waals surface area contributed by atoms with Crippen molar-refractivity contribution < 1.29 is 19.5 Å².